The first-order valence-corrected chi connectivity index (χ1v) is 10.9. The van der Waals surface area contributed by atoms with Gasteiger partial charge in [-0.2, -0.15) is 0 Å². The normalized spacial score (nSPS) is 18.2. The number of nitrogens with one attached hydrogen (secondary N) is 2. The number of hydrogen-bond acceptors (Lipinski definition) is 3. The van der Waals surface area contributed by atoms with E-state index in [-0.39, 0.29) is 35.7 Å². The molecule has 2 N–H and O–H groups in total. The highest BCUT2D eigenvalue weighted by Gasteiger charge is 2.29. The molecular weight excluding hydrogens is 496 g/mol. The van der Waals surface area contributed by atoms with Gasteiger partial charge >= 0.3 is 0 Å². The Balaban J connectivity index is 0.00000320. The molecule has 2 fully saturated rings. The number of guanidine groups is 1. The second-order valence-corrected chi connectivity index (χ2v) is 7.92. The molecule has 1 aliphatic carbocycles. The molecule has 1 aromatic carbocycles. The maximum Gasteiger partial charge on any atom is 0.225 e. The molecule has 1 amide bonds. The van der Waals surface area contributed by atoms with Gasteiger partial charge in [0.05, 0.1) is 0 Å². The number of hydrogen-bond donors (Lipinski definition) is 2. The zero-order valence-corrected chi connectivity index (χ0v) is 20.2. The van der Waals surface area contributed by atoms with Crippen LogP contribution in [0.15, 0.2) is 29.3 Å². The van der Waals surface area contributed by atoms with Crippen molar-refractivity contribution >= 4 is 35.8 Å². The minimum atomic E-state index is -0.164. The molecule has 8 heteroatoms. The number of halogens is 2. The van der Waals surface area contributed by atoms with E-state index in [1.54, 1.807) is 13.1 Å². The summed E-state index contributed by atoms with van der Waals surface area (Å²) in [5.41, 5.74) is 0.709. The molecule has 168 valence electrons. The van der Waals surface area contributed by atoms with Gasteiger partial charge < -0.3 is 15.5 Å². The van der Waals surface area contributed by atoms with Crippen molar-refractivity contribution in [1.82, 2.24) is 20.4 Å². The Bertz CT molecular complexity index is 688. The van der Waals surface area contributed by atoms with Crippen molar-refractivity contribution in [3.05, 3.63) is 35.6 Å². The smallest absolute Gasteiger partial charge is 0.225 e. The Morgan fingerprint density at radius 3 is 2.43 bits per heavy atom. The Hall–Kier alpha value is -1.42. The third-order valence-electron chi connectivity index (χ3n) is 5.98. The van der Waals surface area contributed by atoms with Gasteiger partial charge in [-0.05, 0) is 30.9 Å². The third-order valence-corrected chi connectivity index (χ3v) is 5.98. The second kappa shape index (κ2) is 13.1. The zero-order chi connectivity index (χ0) is 20.5. The van der Waals surface area contributed by atoms with Gasteiger partial charge in [-0.3, -0.25) is 14.7 Å². The van der Waals surface area contributed by atoms with Crippen molar-refractivity contribution in [2.24, 2.45) is 10.9 Å². The van der Waals surface area contributed by atoms with Crippen LogP contribution >= 0.6 is 24.0 Å². The topological polar surface area (TPSA) is 60.0 Å². The summed E-state index contributed by atoms with van der Waals surface area (Å²) in [6.45, 7) is 5.87. The molecule has 0 unspecified atom stereocenters. The number of aliphatic imine (C=N–C) groups is 1. The molecule has 3 rings (SSSR count). The molecule has 0 spiro atoms. The average Bonchev–Trinajstić information content (AvgIpc) is 3.29. The largest absolute Gasteiger partial charge is 0.356 e. The lowest BCUT2D eigenvalue weighted by atomic mass is 10.1. The summed E-state index contributed by atoms with van der Waals surface area (Å²) in [6, 6.07) is 6.86. The molecule has 0 aromatic heterocycles. The highest BCUT2D eigenvalue weighted by molar-refractivity contribution is 14.0. The van der Waals surface area contributed by atoms with E-state index in [4.69, 9.17) is 0 Å². The first kappa shape index (κ1) is 24.8. The second-order valence-electron chi connectivity index (χ2n) is 7.92. The molecule has 1 saturated carbocycles. The Kier molecular flexibility index (Phi) is 10.8. The number of carbonyl (C=O) groups is 1. The van der Waals surface area contributed by atoms with E-state index in [2.05, 4.69) is 25.4 Å². The minimum absolute atomic E-state index is 0. The number of benzene rings is 1. The van der Waals surface area contributed by atoms with Crippen molar-refractivity contribution in [2.45, 2.75) is 32.1 Å². The van der Waals surface area contributed by atoms with Crippen molar-refractivity contribution < 1.29 is 9.18 Å². The zero-order valence-electron chi connectivity index (χ0n) is 17.9. The molecule has 1 heterocycles. The summed E-state index contributed by atoms with van der Waals surface area (Å²) in [6.07, 6.45) is 5.18. The van der Waals surface area contributed by atoms with Crippen molar-refractivity contribution in [1.29, 1.82) is 0 Å². The lowest BCUT2D eigenvalue weighted by molar-refractivity contribution is -0.137. The lowest BCUT2D eigenvalue weighted by Gasteiger charge is -2.36. The first-order valence-electron chi connectivity index (χ1n) is 10.9. The molecular formula is C22H35FIN5O. The van der Waals surface area contributed by atoms with Crippen LogP contribution in [-0.2, 0) is 11.2 Å². The number of carbonyl (C=O) groups excluding carboxylic acids is 1. The Morgan fingerprint density at radius 2 is 1.77 bits per heavy atom. The predicted molar refractivity (Wildman–Crippen MR) is 130 cm³/mol. The molecule has 6 nitrogen and oxygen atoms in total. The number of piperazine rings is 1. The van der Waals surface area contributed by atoms with Crippen LogP contribution in [0, 0.1) is 11.7 Å². The Morgan fingerprint density at radius 1 is 1.10 bits per heavy atom. The monoisotopic (exact) mass is 531 g/mol. The van der Waals surface area contributed by atoms with Crippen molar-refractivity contribution in [3.8, 4) is 0 Å². The van der Waals surface area contributed by atoms with Crippen LogP contribution in [-0.4, -0.2) is 74.5 Å². The van der Waals surface area contributed by atoms with Crippen molar-refractivity contribution in [2.75, 3.05) is 52.9 Å². The van der Waals surface area contributed by atoms with Gasteiger partial charge in [0.25, 0.3) is 0 Å². The van der Waals surface area contributed by atoms with Crippen LogP contribution in [0.1, 0.15) is 31.2 Å². The predicted octanol–water partition coefficient (Wildman–Crippen LogP) is 2.49. The number of nitrogens with zero attached hydrogens (tertiary/aromatic N) is 3. The quantitative estimate of drug-likeness (QED) is 0.323. The molecule has 0 radical (unpaired) electrons. The van der Waals surface area contributed by atoms with Crippen LogP contribution in [0.5, 0.6) is 0 Å². The van der Waals surface area contributed by atoms with Gasteiger partial charge in [0.2, 0.25) is 5.91 Å². The fraction of sp³-hybridized carbons (Fsp3) is 0.636. The van der Waals surface area contributed by atoms with Gasteiger partial charge in [0.1, 0.15) is 5.82 Å². The van der Waals surface area contributed by atoms with E-state index in [0.29, 0.717) is 24.4 Å². The SMILES string of the molecule is CN=C(NCCc1ccccc1F)NCCN1CCN(C(=O)C2CCCC2)CC1.I. The maximum absolute atomic E-state index is 13.7. The van der Waals surface area contributed by atoms with Gasteiger partial charge in [-0.15, -0.1) is 24.0 Å². The highest BCUT2D eigenvalue weighted by Crippen LogP contribution is 2.26. The van der Waals surface area contributed by atoms with E-state index in [1.807, 2.05) is 12.1 Å². The molecule has 0 atom stereocenters. The van der Waals surface area contributed by atoms with Crippen LogP contribution in [0.2, 0.25) is 0 Å². The van der Waals surface area contributed by atoms with Crippen LogP contribution < -0.4 is 10.6 Å². The Labute approximate surface area is 196 Å². The van der Waals surface area contributed by atoms with E-state index >= 15 is 0 Å². The summed E-state index contributed by atoms with van der Waals surface area (Å²) in [7, 11) is 1.74. The van der Waals surface area contributed by atoms with Gasteiger partial charge in [-0.1, -0.05) is 31.0 Å². The summed E-state index contributed by atoms with van der Waals surface area (Å²) in [5.74, 6) is 1.22. The summed E-state index contributed by atoms with van der Waals surface area (Å²) >= 11 is 0. The lowest BCUT2D eigenvalue weighted by Crippen LogP contribution is -2.52. The first-order chi connectivity index (χ1) is 14.2. The van der Waals surface area contributed by atoms with Crippen LogP contribution in [0.3, 0.4) is 0 Å². The summed E-state index contributed by atoms with van der Waals surface area (Å²) in [4.78, 5) is 21.2. The summed E-state index contributed by atoms with van der Waals surface area (Å²) < 4.78 is 13.7. The summed E-state index contributed by atoms with van der Waals surface area (Å²) in [5, 5.41) is 6.56. The fourth-order valence-corrected chi connectivity index (χ4v) is 4.19. The van der Waals surface area contributed by atoms with Crippen molar-refractivity contribution in [3.63, 3.8) is 0 Å². The molecule has 0 bridgehead atoms. The van der Waals surface area contributed by atoms with E-state index in [1.165, 1.54) is 18.9 Å². The molecule has 1 aliphatic heterocycles. The maximum atomic E-state index is 13.7. The van der Waals surface area contributed by atoms with E-state index in [9.17, 15) is 9.18 Å². The van der Waals surface area contributed by atoms with Crippen LogP contribution in [0.4, 0.5) is 4.39 Å². The van der Waals surface area contributed by atoms with E-state index in [0.717, 1.165) is 58.1 Å². The molecule has 1 saturated heterocycles. The van der Waals surface area contributed by atoms with Gasteiger partial charge in [-0.25, -0.2) is 4.39 Å². The van der Waals surface area contributed by atoms with E-state index < -0.39 is 0 Å². The van der Waals surface area contributed by atoms with Gasteiger partial charge in [0.15, 0.2) is 5.96 Å². The minimum Gasteiger partial charge on any atom is -0.356 e. The number of amides is 1. The molecule has 30 heavy (non-hydrogen) atoms. The molecule has 2 aliphatic rings. The average molecular weight is 531 g/mol. The van der Waals surface area contributed by atoms with Gasteiger partial charge in [0, 0.05) is 58.8 Å². The third kappa shape index (κ3) is 7.37. The fourth-order valence-electron chi connectivity index (χ4n) is 4.19. The standard InChI is InChI=1S/C22H34FN5O.HI/c1-24-22(25-11-10-18-6-4-5-9-20(18)23)26-12-13-27-14-16-28(17-15-27)21(29)19-7-2-3-8-19;/h4-6,9,19H,2-3,7-8,10-17H2,1H3,(H2,24,25,26);1H. The molecule has 1 aromatic rings. The highest BCUT2D eigenvalue weighted by atomic mass is 127. The van der Waals surface area contributed by atoms with Crippen LogP contribution in [0.25, 0.3) is 0 Å². The number of rotatable bonds is 7.